The lowest BCUT2D eigenvalue weighted by molar-refractivity contribution is 0.271. The molecule has 19 heavy (non-hydrogen) atoms. The van der Waals surface area contributed by atoms with Crippen LogP contribution >= 0.6 is 0 Å². The Bertz CT molecular complexity index is 622. The number of nitrogens with one attached hydrogen (secondary N) is 1. The van der Waals surface area contributed by atoms with Gasteiger partial charge in [0.15, 0.2) is 9.84 Å². The van der Waals surface area contributed by atoms with Crippen molar-refractivity contribution in [2.24, 2.45) is 0 Å². The Morgan fingerprint density at radius 2 is 1.63 bits per heavy atom. The molecule has 0 amide bonds. The van der Waals surface area contributed by atoms with Gasteiger partial charge < -0.3 is 0 Å². The van der Waals surface area contributed by atoms with E-state index < -0.39 is 9.84 Å². The molecule has 0 atom stereocenters. The molecular weight excluding hydrogens is 262 g/mol. The Hall–Kier alpha value is -1.85. The molecule has 0 aromatic heterocycles. The van der Waals surface area contributed by atoms with Gasteiger partial charge >= 0.3 is 0 Å². The van der Waals surface area contributed by atoms with E-state index >= 15 is 0 Å². The molecule has 0 unspecified atom stereocenters. The first-order valence-corrected chi connectivity index (χ1v) is 7.43. The molecule has 0 heterocycles. The molecule has 1 N–H and O–H groups in total. The van der Waals surface area contributed by atoms with Crippen LogP contribution in [0.3, 0.4) is 0 Å². The second-order valence-electron chi connectivity index (χ2n) is 4.08. The van der Waals surface area contributed by atoms with Crippen LogP contribution in [0.15, 0.2) is 59.5 Å². The van der Waals surface area contributed by atoms with E-state index in [1.807, 2.05) is 18.2 Å². The highest BCUT2D eigenvalue weighted by molar-refractivity contribution is 7.90. The van der Waals surface area contributed by atoms with E-state index in [0.29, 0.717) is 10.6 Å². The highest BCUT2D eigenvalue weighted by Gasteiger charge is 2.14. The molecule has 2 aromatic rings. The maximum Gasteiger partial charge on any atom is 0.182 e. The van der Waals surface area contributed by atoms with E-state index in [4.69, 9.17) is 4.84 Å². The lowest BCUT2D eigenvalue weighted by atomic mass is 10.2. The zero-order chi connectivity index (χ0) is 13.7. The first-order valence-electron chi connectivity index (χ1n) is 5.77. The standard InChI is InChI=1S/C14H15NO3S/c1-18-15-13-7-9-14(10-8-13)19(16,17)11-12-5-3-2-4-6-12/h2-10,15H,11H2,1H3. The second-order valence-corrected chi connectivity index (χ2v) is 6.06. The van der Waals surface area contributed by atoms with Crippen LogP contribution in [0.2, 0.25) is 0 Å². The van der Waals surface area contributed by atoms with Crippen LogP contribution in [0.1, 0.15) is 5.56 Å². The average Bonchev–Trinajstić information content (AvgIpc) is 2.40. The molecule has 2 aromatic carbocycles. The van der Waals surface area contributed by atoms with Gasteiger partial charge in [-0.05, 0) is 29.8 Å². The minimum atomic E-state index is -3.31. The third-order valence-electron chi connectivity index (χ3n) is 2.63. The van der Waals surface area contributed by atoms with Crippen molar-refractivity contribution in [3.63, 3.8) is 0 Å². The van der Waals surface area contributed by atoms with Gasteiger partial charge in [0.25, 0.3) is 0 Å². The Morgan fingerprint density at radius 1 is 1.00 bits per heavy atom. The van der Waals surface area contributed by atoms with Gasteiger partial charge in [0.2, 0.25) is 0 Å². The average molecular weight is 277 g/mol. The smallest absolute Gasteiger partial charge is 0.182 e. The van der Waals surface area contributed by atoms with Gasteiger partial charge in [-0.25, -0.2) is 8.42 Å². The van der Waals surface area contributed by atoms with E-state index in [0.717, 1.165) is 5.56 Å². The SMILES string of the molecule is CONc1ccc(S(=O)(=O)Cc2ccccc2)cc1. The van der Waals surface area contributed by atoms with Gasteiger partial charge in [0.1, 0.15) is 0 Å². The van der Waals surface area contributed by atoms with E-state index in [2.05, 4.69) is 5.48 Å². The molecule has 0 saturated heterocycles. The van der Waals surface area contributed by atoms with Gasteiger partial charge in [0, 0.05) is 0 Å². The van der Waals surface area contributed by atoms with Crippen molar-refractivity contribution < 1.29 is 13.3 Å². The third-order valence-corrected chi connectivity index (χ3v) is 4.34. The summed E-state index contributed by atoms with van der Waals surface area (Å²) in [5, 5.41) is 0. The number of anilines is 1. The molecule has 0 bridgehead atoms. The maximum atomic E-state index is 12.2. The Kier molecular flexibility index (Phi) is 4.19. The summed E-state index contributed by atoms with van der Waals surface area (Å²) in [4.78, 5) is 5.05. The molecule has 0 spiro atoms. The molecule has 0 aliphatic heterocycles. The lowest BCUT2D eigenvalue weighted by Crippen LogP contribution is -2.05. The van der Waals surface area contributed by atoms with Crippen molar-refractivity contribution in [3.05, 3.63) is 60.2 Å². The second kappa shape index (κ2) is 5.86. The summed E-state index contributed by atoms with van der Waals surface area (Å²) in [6.07, 6.45) is 0. The fourth-order valence-corrected chi connectivity index (χ4v) is 3.07. The Balaban J connectivity index is 2.20. The van der Waals surface area contributed by atoms with Crippen LogP contribution < -0.4 is 5.48 Å². The molecule has 100 valence electrons. The molecule has 5 heteroatoms. The first-order chi connectivity index (χ1) is 9.12. The normalized spacial score (nSPS) is 11.2. The fraction of sp³-hybridized carbons (Fsp3) is 0.143. The molecule has 0 aliphatic rings. The summed E-state index contributed by atoms with van der Waals surface area (Å²) in [5.74, 6) is 0.00485. The third kappa shape index (κ3) is 3.56. The molecule has 0 aliphatic carbocycles. The summed E-state index contributed by atoms with van der Waals surface area (Å²) in [5.41, 5.74) is 4.13. The van der Waals surface area contributed by atoms with Gasteiger partial charge in [-0.2, -0.15) is 0 Å². The van der Waals surface area contributed by atoms with Crippen LogP contribution in [0.25, 0.3) is 0 Å². The minimum Gasteiger partial charge on any atom is -0.279 e. The lowest BCUT2D eigenvalue weighted by Gasteiger charge is -2.06. The number of hydrogen-bond donors (Lipinski definition) is 1. The zero-order valence-electron chi connectivity index (χ0n) is 10.5. The predicted molar refractivity (Wildman–Crippen MR) is 74.4 cm³/mol. The van der Waals surface area contributed by atoms with E-state index in [1.165, 1.54) is 7.11 Å². The summed E-state index contributed by atoms with van der Waals surface area (Å²) in [7, 11) is -1.81. The number of benzene rings is 2. The van der Waals surface area contributed by atoms with Crippen LogP contribution in [-0.4, -0.2) is 15.5 Å². The van der Waals surface area contributed by atoms with E-state index in [-0.39, 0.29) is 5.75 Å². The molecule has 0 fully saturated rings. The predicted octanol–water partition coefficient (Wildman–Crippen LogP) is 2.63. The fourth-order valence-electron chi connectivity index (χ4n) is 1.73. The maximum absolute atomic E-state index is 12.2. The summed E-state index contributed by atoms with van der Waals surface area (Å²) >= 11 is 0. The topological polar surface area (TPSA) is 55.4 Å². The van der Waals surface area contributed by atoms with Crippen molar-refractivity contribution in [1.29, 1.82) is 0 Å². The van der Waals surface area contributed by atoms with Crippen LogP contribution in [0.5, 0.6) is 0 Å². The largest absolute Gasteiger partial charge is 0.279 e. The summed E-state index contributed by atoms with van der Waals surface area (Å²) in [6, 6.07) is 15.6. The Morgan fingerprint density at radius 3 is 2.21 bits per heavy atom. The van der Waals surface area contributed by atoms with Crippen molar-refractivity contribution in [1.82, 2.24) is 0 Å². The van der Waals surface area contributed by atoms with Gasteiger partial charge in [-0.15, -0.1) is 0 Å². The van der Waals surface area contributed by atoms with Crippen LogP contribution in [-0.2, 0) is 20.4 Å². The van der Waals surface area contributed by atoms with Crippen LogP contribution in [0.4, 0.5) is 5.69 Å². The highest BCUT2D eigenvalue weighted by atomic mass is 32.2. The molecule has 4 nitrogen and oxygen atoms in total. The molecule has 0 radical (unpaired) electrons. The van der Waals surface area contributed by atoms with Crippen molar-refractivity contribution in [3.8, 4) is 0 Å². The number of rotatable bonds is 5. The quantitative estimate of drug-likeness (QED) is 0.854. The number of sulfone groups is 1. The first kappa shape index (κ1) is 13.6. The Labute approximate surface area is 112 Å². The van der Waals surface area contributed by atoms with Crippen molar-refractivity contribution >= 4 is 15.5 Å². The minimum absolute atomic E-state index is 0.00485. The van der Waals surface area contributed by atoms with Crippen molar-refractivity contribution in [2.75, 3.05) is 12.6 Å². The van der Waals surface area contributed by atoms with Crippen molar-refractivity contribution in [2.45, 2.75) is 10.6 Å². The molecule has 2 rings (SSSR count). The zero-order valence-corrected chi connectivity index (χ0v) is 11.4. The summed E-state index contributed by atoms with van der Waals surface area (Å²) in [6.45, 7) is 0. The van der Waals surface area contributed by atoms with Gasteiger partial charge in [-0.3, -0.25) is 10.3 Å². The molecule has 0 saturated carbocycles. The van der Waals surface area contributed by atoms with Gasteiger partial charge in [-0.1, -0.05) is 30.3 Å². The summed E-state index contributed by atoms with van der Waals surface area (Å²) < 4.78 is 24.4. The van der Waals surface area contributed by atoms with E-state index in [9.17, 15) is 8.42 Å². The van der Waals surface area contributed by atoms with Crippen LogP contribution in [0, 0.1) is 0 Å². The monoisotopic (exact) mass is 277 g/mol. The molecular formula is C14H15NO3S. The highest BCUT2D eigenvalue weighted by Crippen LogP contribution is 2.18. The van der Waals surface area contributed by atoms with E-state index in [1.54, 1.807) is 36.4 Å². The van der Waals surface area contributed by atoms with Gasteiger partial charge in [0.05, 0.1) is 23.4 Å². The number of hydrogen-bond acceptors (Lipinski definition) is 4.